The van der Waals surface area contributed by atoms with Gasteiger partial charge in [-0.2, -0.15) is 0 Å². The molecule has 1 saturated heterocycles. The Morgan fingerprint density at radius 2 is 2.25 bits per heavy atom. The number of guanidine groups is 1. The molecule has 2 N–H and O–H groups in total. The number of nitrogens with zero attached hydrogens (tertiary/aromatic N) is 2. The van der Waals surface area contributed by atoms with E-state index in [4.69, 9.17) is 0 Å². The molecule has 0 unspecified atom stereocenters. The van der Waals surface area contributed by atoms with Gasteiger partial charge in [0.05, 0.1) is 6.54 Å². The molecule has 1 fully saturated rings. The van der Waals surface area contributed by atoms with Crippen molar-refractivity contribution in [2.24, 2.45) is 10.9 Å². The van der Waals surface area contributed by atoms with Crippen molar-refractivity contribution < 1.29 is 0 Å². The second kappa shape index (κ2) is 6.09. The molecule has 0 aliphatic carbocycles. The van der Waals surface area contributed by atoms with Gasteiger partial charge in [-0.15, -0.1) is 0 Å². The third-order valence-electron chi connectivity index (χ3n) is 3.61. The van der Waals surface area contributed by atoms with E-state index in [0.29, 0.717) is 0 Å². The predicted molar refractivity (Wildman–Crippen MR) is 67.8 cm³/mol. The molecule has 0 aromatic heterocycles. The average molecular weight is 224 g/mol. The van der Waals surface area contributed by atoms with Crippen molar-refractivity contribution in [3.8, 4) is 0 Å². The molecule has 0 aromatic rings. The Morgan fingerprint density at radius 1 is 1.44 bits per heavy atom. The van der Waals surface area contributed by atoms with Crippen molar-refractivity contribution in [3.63, 3.8) is 0 Å². The lowest BCUT2D eigenvalue weighted by Gasteiger charge is -2.24. The highest BCUT2D eigenvalue weighted by Crippen LogP contribution is 2.14. The maximum atomic E-state index is 4.49. The van der Waals surface area contributed by atoms with Crippen molar-refractivity contribution >= 4 is 5.96 Å². The molecule has 0 bridgehead atoms. The van der Waals surface area contributed by atoms with Crippen LogP contribution in [0.5, 0.6) is 0 Å². The molecular formula is C12H24N4. The van der Waals surface area contributed by atoms with Crippen molar-refractivity contribution in [2.75, 3.05) is 39.3 Å². The van der Waals surface area contributed by atoms with Crippen LogP contribution < -0.4 is 10.6 Å². The number of likely N-dealkylation sites (N-methyl/N-ethyl adjacent to an activating group) is 1. The van der Waals surface area contributed by atoms with Gasteiger partial charge in [-0.3, -0.25) is 4.99 Å². The Labute approximate surface area is 98.5 Å². The minimum Gasteiger partial charge on any atom is -0.356 e. The summed E-state index contributed by atoms with van der Waals surface area (Å²) >= 11 is 0. The molecule has 2 aliphatic heterocycles. The van der Waals surface area contributed by atoms with Gasteiger partial charge < -0.3 is 15.5 Å². The summed E-state index contributed by atoms with van der Waals surface area (Å²) in [7, 11) is 0. The Bertz CT molecular complexity index is 233. The summed E-state index contributed by atoms with van der Waals surface area (Å²) in [5.41, 5.74) is 0. The topological polar surface area (TPSA) is 39.7 Å². The second-order valence-electron chi connectivity index (χ2n) is 4.69. The summed E-state index contributed by atoms with van der Waals surface area (Å²) in [4.78, 5) is 6.81. The third kappa shape index (κ3) is 3.11. The summed E-state index contributed by atoms with van der Waals surface area (Å²) in [6.07, 6.45) is 3.97. The van der Waals surface area contributed by atoms with Crippen molar-refractivity contribution in [2.45, 2.75) is 26.2 Å². The van der Waals surface area contributed by atoms with Gasteiger partial charge in [0.25, 0.3) is 0 Å². The van der Waals surface area contributed by atoms with Crippen LogP contribution in [0.2, 0.25) is 0 Å². The fourth-order valence-corrected chi connectivity index (χ4v) is 2.52. The largest absolute Gasteiger partial charge is 0.356 e. The lowest BCUT2D eigenvalue weighted by molar-refractivity contribution is 0.352. The quantitative estimate of drug-likeness (QED) is 0.737. The van der Waals surface area contributed by atoms with E-state index in [1.165, 1.54) is 32.4 Å². The zero-order valence-electron chi connectivity index (χ0n) is 10.3. The first-order valence-corrected chi connectivity index (χ1v) is 6.64. The molecule has 0 spiro atoms. The molecule has 4 heteroatoms. The van der Waals surface area contributed by atoms with E-state index < -0.39 is 0 Å². The lowest BCUT2D eigenvalue weighted by Crippen LogP contribution is -2.39. The number of hydrogen-bond donors (Lipinski definition) is 2. The molecule has 16 heavy (non-hydrogen) atoms. The molecule has 4 nitrogen and oxygen atoms in total. The van der Waals surface area contributed by atoms with Crippen LogP contribution in [0, 0.1) is 5.92 Å². The molecule has 92 valence electrons. The normalized spacial score (nSPS) is 22.3. The monoisotopic (exact) mass is 224 g/mol. The molecule has 0 amide bonds. The zero-order chi connectivity index (χ0) is 11.2. The molecule has 0 saturated carbocycles. The van der Waals surface area contributed by atoms with Gasteiger partial charge in [0.2, 0.25) is 0 Å². The van der Waals surface area contributed by atoms with Crippen molar-refractivity contribution in [1.29, 1.82) is 0 Å². The smallest absolute Gasteiger partial charge is 0.194 e. The first kappa shape index (κ1) is 11.7. The Kier molecular flexibility index (Phi) is 4.45. The molecule has 2 heterocycles. The minimum atomic E-state index is 0.908. The van der Waals surface area contributed by atoms with Crippen LogP contribution in [0.4, 0.5) is 0 Å². The van der Waals surface area contributed by atoms with Gasteiger partial charge in [0.1, 0.15) is 0 Å². The van der Waals surface area contributed by atoms with Gasteiger partial charge in [-0.1, -0.05) is 0 Å². The minimum absolute atomic E-state index is 0.908. The summed E-state index contributed by atoms with van der Waals surface area (Å²) in [5.74, 6) is 2.03. The number of hydrogen-bond acceptors (Lipinski definition) is 4. The van der Waals surface area contributed by atoms with E-state index in [2.05, 4.69) is 27.4 Å². The third-order valence-corrected chi connectivity index (χ3v) is 3.61. The zero-order valence-corrected chi connectivity index (χ0v) is 10.3. The fourth-order valence-electron chi connectivity index (χ4n) is 2.52. The van der Waals surface area contributed by atoms with E-state index in [9.17, 15) is 0 Å². The SMILES string of the molecule is CCN1CCN=C1NCCC1CCNCC1. The summed E-state index contributed by atoms with van der Waals surface area (Å²) in [6.45, 7) is 8.80. The highest BCUT2D eigenvalue weighted by atomic mass is 15.3. The highest BCUT2D eigenvalue weighted by molar-refractivity contribution is 5.81. The molecule has 0 atom stereocenters. The van der Waals surface area contributed by atoms with Gasteiger partial charge in [-0.05, 0) is 45.2 Å². The number of rotatable bonds is 4. The van der Waals surface area contributed by atoms with E-state index >= 15 is 0 Å². The number of piperidine rings is 1. The first-order chi connectivity index (χ1) is 7.90. The molecule has 2 aliphatic rings. The van der Waals surface area contributed by atoms with E-state index in [1.54, 1.807) is 0 Å². The van der Waals surface area contributed by atoms with Crippen LogP contribution in [0.15, 0.2) is 4.99 Å². The first-order valence-electron chi connectivity index (χ1n) is 6.64. The van der Waals surface area contributed by atoms with E-state index in [1.807, 2.05) is 0 Å². The lowest BCUT2D eigenvalue weighted by atomic mass is 9.95. The van der Waals surface area contributed by atoms with Crippen LogP contribution in [0.3, 0.4) is 0 Å². The van der Waals surface area contributed by atoms with Crippen molar-refractivity contribution in [3.05, 3.63) is 0 Å². The summed E-state index contributed by atoms with van der Waals surface area (Å²) in [6, 6.07) is 0. The Balaban J connectivity index is 1.63. The highest BCUT2D eigenvalue weighted by Gasteiger charge is 2.16. The van der Waals surface area contributed by atoms with Gasteiger partial charge in [-0.25, -0.2) is 0 Å². The van der Waals surface area contributed by atoms with Crippen LogP contribution in [-0.4, -0.2) is 50.1 Å². The van der Waals surface area contributed by atoms with Crippen LogP contribution in [-0.2, 0) is 0 Å². The van der Waals surface area contributed by atoms with Gasteiger partial charge in [0.15, 0.2) is 5.96 Å². The summed E-state index contributed by atoms with van der Waals surface area (Å²) in [5, 5.41) is 6.90. The average Bonchev–Trinajstić information content (AvgIpc) is 2.78. The van der Waals surface area contributed by atoms with E-state index in [-0.39, 0.29) is 0 Å². The maximum Gasteiger partial charge on any atom is 0.194 e. The van der Waals surface area contributed by atoms with Crippen molar-refractivity contribution in [1.82, 2.24) is 15.5 Å². The number of nitrogens with one attached hydrogen (secondary N) is 2. The fraction of sp³-hybridized carbons (Fsp3) is 0.917. The molecule has 2 rings (SSSR count). The summed E-state index contributed by atoms with van der Waals surface area (Å²) < 4.78 is 0. The standard InChI is InChI=1S/C12H24N4/c1-2-16-10-9-15-12(16)14-8-5-11-3-6-13-7-4-11/h11,13H,2-10H2,1H3,(H,14,15). The maximum absolute atomic E-state index is 4.49. The molecule has 0 radical (unpaired) electrons. The van der Waals surface area contributed by atoms with Crippen LogP contribution in [0.1, 0.15) is 26.2 Å². The second-order valence-corrected chi connectivity index (χ2v) is 4.69. The predicted octanol–water partition coefficient (Wildman–Crippen LogP) is 0.657. The number of aliphatic imine (C=N–C) groups is 1. The Hall–Kier alpha value is -0.770. The van der Waals surface area contributed by atoms with Crippen LogP contribution >= 0.6 is 0 Å². The Morgan fingerprint density at radius 3 is 3.00 bits per heavy atom. The van der Waals surface area contributed by atoms with E-state index in [0.717, 1.165) is 38.1 Å². The van der Waals surface area contributed by atoms with Gasteiger partial charge in [0, 0.05) is 19.6 Å². The molecule has 0 aromatic carbocycles. The molecular weight excluding hydrogens is 200 g/mol. The van der Waals surface area contributed by atoms with Gasteiger partial charge >= 0.3 is 0 Å². The van der Waals surface area contributed by atoms with Crippen LogP contribution in [0.25, 0.3) is 0 Å².